The lowest BCUT2D eigenvalue weighted by Crippen LogP contribution is -1.91. The zero-order valence-corrected chi connectivity index (χ0v) is 15.2. The van der Waals surface area contributed by atoms with Crippen LogP contribution in [0.25, 0.3) is 20.2 Å². The van der Waals surface area contributed by atoms with E-state index >= 15 is 0 Å². The highest BCUT2D eigenvalue weighted by Gasteiger charge is 1.89. The van der Waals surface area contributed by atoms with Crippen molar-refractivity contribution in [3.8, 4) is 0 Å². The van der Waals surface area contributed by atoms with Crippen molar-refractivity contribution in [2.24, 2.45) is 0 Å². The first kappa shape index (κ1) is 19.4. The van der Waals surface area contributed by atoms with Gasteiger partial charge in [0.05, 0.1) is 0 Å². The molecular formula is C20H16O4S2. The van der Waals surface area contributed by atoms with Crippen LogP contribution in [0.4, 0.5) is 0 Å². The number of fused-ring (bicyclic) bond motifs is 2. The standard InChI is InChI=1S/2C8H6S.C4H4O4/c2*1-2-4-8-7(3-1)5-6-9-8;5-3(6)1-2-4(7)8/h2*1-6H;1-2H,(H,5,6)(H,7,8)/b;;2-1-. The summed E-state index contributed by atoms with van der Waals surface area (Å²) in [5.41, 5.74) is 0. The summed E-state index contributed by atoms with van der Waals surface area (Å²) in [6, 6.07) is 21.1. The molecule has 4 rings (SSSR count). The molecule has 0 unspecified atom stereocenters. The van der Waals surface area contributed by atoms with E-state index in [1.54, 1.807) is 22.7 Å². The molecule has 0 saturated carbocycles. The van der Waals surface area contributed by atoms with Crippen LogP contribution < -0.4 is 0 Å². The molecule has 0 atom stereocenters. The molecule has 0 saturated heterocycles. The highest BCUT2D eigenvalue weighted by molar-refractivity contribution is 7.17. The van der Waals surface area contributed by atoms with Crippen molar-refractivity contribution in [2.75, 3.05) is 0 Å². The van der Waals surface area contributed by atoms with Gasteiger partial charge in [0, 0.05) is 21.6 Å². The maximum absolute atomic E-state index is 9.55. The predicted molar refractivity (Wildman–Crippen MR) is 108 cm³/mol. The monoisotopic (exact) mass is 384 g/mol. The third-order valence-corrected chi connectivity index (χ3v) is 4.89. The number of rotatable bonds is 2. The molecule has 0 spiro atoms. The Labute approximate surface area is 158 Å². The minimum Gasteiger partial charge on any atom is -0.478 e. The van der Waals surface area contributed by atoms with E-state index < -0.39 is 11.9 Å². The smallest absolute Gasteiger partial charge is 0.328 e. The highest BCUT2D eigenvalue weighted by atomic mass is 32.1. The van der Waals surface area contributed by atoms with Gasteiger partial charge < -0.3 is 10.2 Å². The molecule has 0 fully saturated rings. The SMILES string of the molecule is O=C(O)/C=C\C(=O)O.c1ccc2sccc2c1.c1ccc2sccc2c1. The lowest BCUT2D eigenvalue weighted by Gasteiger charge is -1.82. The summed E-state index contributed by atoms with van der Waals surface area (Å²) in [5, 5.41) is 22.6. The molecule has 0 aliphatic carbocycles. The molecule has 2 aromatic carbocycles. The topological polar surface area (TPSA) is 74.6 Å². The van der Waals surface area contributed by atoms with E-state index in [0.717, 1.165) is 0 Å². The van der Waals surface area contributed by atoms with Gasteiger partial charge in [-0.05, 0) is 45.8 Å². The zero-order valence-electron chi connectivity index (χ0n) is 13.6. The Kier molecular flexibility index (Phi) is 7.54. The third-order valence-electron chi connectivity index (χ3n) is 3.09. The number of hydrogen-bond acceptors (Lipinski definition) is 4. The fourth-order valence-corrected chi connectivity index (χ4v) is 3.54. The molecule has 0 radical (unpaired) electrons. The molecular weight excluding hydrogens is 368 g/mol. The van der Waals surface area contributed by atoms with Crippen LogP contribution in [0.2, 0.25) is 0 Å². The molecule has 0 amide bonds. The van der Waals surface area contributed by atoms with E-state index in [1.165, 1.54) is 20.2 Å². The van der Waals surface area contributed by atoms with Crippen molar-refractivity contribution >= 4 is 54.8 Å². The van der Waals surface area contributed by atoms with Gasteiger partial charge in [0.25, 0.3) is 0 Å². The van der Waals surface area contributed by atoms with Gasteiger partial charge in [-0.2, -0.15) is 0 Å². The maximum atomic E-state index is 9.55. The van der Waals surface area contributed by atoms with Crippen molar-refractivity contribution in [1.82, 2.24) is 0 Å². The Bertz CT molecular complexity index is 872. The normalized spacial score (nSPS) is 10.0. The highest BCUT2D eigenvalue weighted by Crippen LogP contribution is 2.19. The van der Waals surface area contributed by atoms with Crippen molar-refractivity contribution in [3.63, 3.8) is 0 Å². The Morgan fingerprint density at radius 1 is 0.654 bits per heavy atom. The van der Waals surface area contributed by atoms with Crippen LogP contribution in [0.5, 0.6) is 0 Å². The molecule has 2 heterocycles. The van der Waals surface area contributed by atoms with Gasteiger partial charge in [-0.25, -0.2) is 9.59 Å². The molecule has 6 heteroatoms. The van der Waals surface area contributed by atoms with Gasteiger partial charge in [-0.3, -0.25) is 0 Å². The lowest BCUT2D eigenvalue weighted by molar-refractivity contribution is -0.134. The summed E-state index contributed by atoms with van der Waals surface area (Å²) >= 11 is 3.57. The van der Waals surface area contributed by atoms with E-state index in [4.69, 9.17) is 10.2 Å². The van der Waals surface area contributed by atoms with Crippen molar-refractivity contribution in [2.45, 2.75) is 0 Å². The van der Waals surface area contributed by atoms with E-state index in [1.807, 2.05) is 0 Å². The number of thiophene rings is 2. The first-order valence-electron chi connectivity index (χ1n) is 7.54. The second-order valence-corrected chi connectivity index (χ2v) is 6.82. The van der Waals surface area contributed by atoms with Crippen LogP contribution in [0, 0.1) is 0 Å². The van der Waals surface area contributed by atoms with Crippen LogP contribution >= 0.6 is 22.7 Å². The Morgan fingerprint density at radius 2 is 1.04 bits per heavy atom. The van der Waals surface area contributed by atoms with Crippen molar-refractivity contribution in [1.29, 1.82) is 0 Å². The van der Waals surface area contributed by atoms with Crippen LogP contribution in [-0.2, 0) is 9.59 Å². The number of benzene rings is 2. The molecule has 4 aromatic rings. The minimum atomic E-state index is -1.26. The van der Waals surface area contributed by atoms with Gasteiger partial charge in [0.2, 0.25) is 0 Å². The second kappa shape index (κ2) is 10.1. The largest absolute Gasteiger partial charge is 0.478 e. The number of carboxylic acids is 2. The number of carboxylic acid groups (broad SMARTS) is 2. The average molecular weight is 384 g/mol. The van der Waals surface area contributed by atoms with Crippen LogP contribution in [0.1, 0.15) is 0 Å². The molecule has 132 valence electrons. The molecule has 0 aliphatic heterocycles. The average Bonchev–Trinajstić information content (AvgIpc) is 3.30. The van der Waals surface area contributed by atoms with Gasteiger partial charge in [0.1, 0.15) is 0 Å². The fraction of sp³-hybridized carbons (Fsp3) is 0. The van der Waals surface area contributed by atoms with E-state index in [0.29, 0.717) is 12.2 Å². The Hall–Kier alpha value is -2.96. The lowest BCUT2D eigenvalue weighted by atomic mass is 10.3. The number of carbonyl (C=O) groups is 2. The summed E-state index contributed by atoms with van der Waals surface area (Å²) in [6.07, 6.45) is 1.12. The van der Waals surface area contributed by atoms with Crippen LogP contribution in [-0.4, -0.2) is 22.2 Å². The summed E-state index contributed by atoms with van der Waals surface area (Å²) in [6.45, 7) is 0. The minimum absolute atomic E-state index is 0.558. The quantitative estimate of drug-likeness (QED) is 0.447. The predicted octanol–water partition coefficient (Wildman–Crippen LogP) is 5.51. The number of hydrogen-bond donors (Lipinski definition) is 2. The van der Waals surface area contributed by atoms with Gasteiger partial charge in [-0.1, -0.05) is 36.4 Å². The van der Waals surface area contributed by atoms with Crippen molar-refractivity contribution < 1.29 is 19.8 Å². The van der Waals surface area contributed by atoms with E-state index in [2.05, 4.69) is 71.4 Å². The fourth-order valence-electron chi connectivity index (χ4n) is 1.95. The molecule has 2 aromatic heterocycles. The first-order valence-corrected chi connectivity index (χ1v) is 9.30. The van der Waals surface area contributed by atoms with E-state index in [9.17, 15) is 9.59 Å². The van der Waals surface area contributed by atoms with E-state index in [-0.39, 0.29) is 0 Å². The molecule has 4 nitrogen and oxygen atoms in total. The number of aliphatic carboxylic acids is 2. The summed E-state index contributed by atoms with van der Waals surface area (Å²) < 4.78 is 2.75. The van der Waals surface area contributed by atoms with Crippen LogP contribution in [0.3, 0.4) is 0 Å². The summed E-state index contributed by atoms with van der Waals surface area (Å²) in [7, 11) is 0. The van der Waals surface area contributed by atoms with Crippen molar-refractivity contribution in [3.05, 3.63) is 83.6 Å². The van der Waals surface area contributed by atoms with Crippen LogP contribution in [0.15, 0.2) is 83.6 Å². The zero-order chi connectivity index (χ0) is 18.8. The summed E-state index contributed by atoms with van der Waals surface area (Å²) in [4.78, 5) is 19.1. The Morgan fingerprint density at radius 3 is 1.38 bits per heavy atom. The molecule has 0 bridgehead atoms. The molecule has 26 heavy (non-hydrogen) atoms. The van der Waals surface area contributed by atoms with Gasteiger partial charge >= 0.3 is 11.9 Å². The molecule has 0 aliphatic rings. The second-order valence-electron chi connectivity index (χ2n) is 4.93. The van der Waals surface area contributed by atoms with Gasteiger partial charge in [-0.15, -0.1) is 22.7 Å². The Balaban J connectivity index is 0.000000141. The van der Waals surface area contributed by atoms with Gasteiger partial charge in [0.15, 0.2) is 0 Å². The maximum Gasteiger partial charge on any atom is 0.328 e. The molecule has 2 N–H and O–H groups in total. The first-order chi connectivity index (χ1) is 12.6. The summed E-state index contributed by atoms with van der Waals surface area (Å²) in [5.74, 6) is -2.51. The third kappa shape index (κ3) is 6.51.